The summed E-state index contributed by atoms with van der Waals surface area (Å²) in [4.78, 5) is 12.2. The Balaban J connectivity index is 4.92. The van der Waals surface area contributed by atoms with Crippen LogP contribution in [0.5, 0.6) is 0 Å². The fraction of sp³-hybridized carbons (Fsp3) is 1.00. The Labute approximate surface area is 137 Å². The first-order valence-corrected chi connectivity index (χ1v) is 10.4. The minimum atomic E-state index is -4.24. The number of quaternary nitrogens is 1. The molecule has 0 aliphatic heterocycles. The number of hydroxylamine groups is 3. The van der Waals surface area contributed by atoms with Gasteiger partial charge in [-0.05, 0) is 25.7 Å². The minimum absolute atomic E-state index is 0.197. The Morgan fingerprint density at radius 1 is 0.818 bits per heavy atom. The van der Waals surface area contributed by atoms with Crippen LogP contribution in [-0.2, 0) is 13.7 Å². The van der Waals surface area contributed by atoms with E-state index in [0.29, 0.717) is 0 Å². The van der Waals surface area contributed by atoms with E-state index in [1.54, 1.807) is 0 Å². The van der Waals surface area contributed by atoms with Crippen LogP contribution in [-0.4, -0.2) is 30.9 Å². The van der Waals surface area contributed by atoms with Gasteiger partial charge in [0.1, 0.15) is 19.6 Å². The van der Waals surface area contributed by atoms with Gasteiger partial charge in [-0.25, -0.2) is 0 Å². The van der Waals surface area contributed by atoms with Gasteiger partial charge < -0.3 is 9.42 Å². The molecule has 0 heterocycles. The molecule has 0 saturated heterocycles. The van der Waals surface area contributed by atoms with Gasteiger partial charge >= 0.3 is 7.82 Å². The van der Waals surface area contributed by atoms with E-state index in [2.05, 4.69) is 20.8 Å². The molecule has 0 fully saturated rings. The third-order valence-corrected chi connectivity index (χ3v) is 4.82. The van der Waals surface area contributed by atoms with Gasteiger partial charge in [-0.15, -0.1) is 4.62 Å². The Bertz CT molecular complexity index is 291. The Kier molecular flexibility index (Phi) is 12.5. The fourth-order valence-corrected chi connectivity index (χ4v) is 3.42. The fourth-order valence-electron chi connectivity index (χ4n) is 2.35. The molecule has 0 rings (SSSR count). The molecule has 0 aromatic rings. The maximum Gasteiger partial charge on any atom is 0.325 e. The number of phosphoric ester groups is 1. The highest BCUT2D eigenvalue weighted by atomic mass is 31.2. The standard InChI is InChI=1S/C16H36NO4P/c1-5-9-13-17(14-10-6-2,15-11-7-3)21-22(18,19)20-16-12-8-4/h5-16H2,1-4H3. The molecule has 5 nitrogen and oxygen atoms in total. The van der Waals surface area contributed by atoms with Gasteiger partial charge in [0.15, 0.2) is 0 Å². The van der Waals surface area contributed by atoms with Crippen molar-refractivity contribution in [3.05, 3.63) is 0 Å². The molecule has 1 atom stereocenters. The van der Waals surface area contributed by atoms with Gasteiger partial charge in [0.2, 0.25) is 0 Å². The number of rotatable bonds is 15. The molecule has 0 radical (unpaired) electrons. The summed E-state index contributed by atoms with van der Waals surface area (Å²) in [5.74, 6) is 0. The molecule has 0 aliphatic rings. The summed E-state index contributed by atoms with van der Waals surface area (Å²) in [7, 11) is -4.24. The monoisotopic (exact) mass is 337 g/mol. The zero-order chi connectivity index (χ0) is 16.9. The number of nitrogens with zero attached hydrogens (tertiary/aromatic N) is 1. The van der Waals surface area contributed by atoms with Gasteiger partial charge in [0.25, 0.3) is 0 Å². The van der Waals surface area contributed by atoms with Crippen molar-refractivity contribution in [2.75, 3.05) is 26.2 Å². The smallest absolute Gasteiger partial charge is 0.325 e. The van der Waals surface area contributed by atoms with Crippen LogP contribution in [0.3, 0.4) is 0 Å². The van der Waals surface area contributed by atoms with Crippen LogP contribution in [0.25, 0.3) is 0 Å². The summed E-state index contributed by atoms with van der Waals surface area (Å²) in [5.41, 5.74) is 0. The molecule has 6 heteroatoms. The first-order valence-electron chi connectivity index (χ1n) is 8.98. The lowest BCUT2D eigenvalue weighted by Crippen LogP contribution is -2.50. The third-order valence-electron chi connectivity index (χ3n) is 3.78. The van der Waals surface area contributed by atoms with Crippen LogP contribution in [0.15, 0.2) is 0 Å². The molecule has 134 valence electrons. The summed E-state index contributed by atoms with van der Waals surface area (Å²) >= 11 is 0. The average Bonchev–Trinajstić information content (AvgIpc) is 2.48. The topological polar surface area (TPSA) is 58.6 Å². The van der Waals surface area contributed by atoms with Crippen LogP contribution in [0, 0.1) is 0 Å². The van der Waals surface area contributed by atoms with Crippen molar-refractivity contribution >= 4 is 7.82 Å². The van der Waals surface area contributed by atoms with Gasteiger partial charge in [-0.2, -0.15) is 4.65 Å². The second-order valence-electron chi connectivity index (χ2n) is 6.01. The van der Waals surface area contributed by atoms with Crippen LogP contribution in [0.1, 0.15) is 79.1 Å². The van der Waals surface area contributed by atoms with Crippen LogP contribution < -0.4 is 4.89 Å². The lowest BCUT2D eigenvalue weighted by Gasteiger charge is -2.39. The molecular formula is C16H36NO4P. The maximum atomic E-state index is 12.2. The van der Waals surface area contributed by atoms with Crippen molar-refractivity contribution in [1.29, 1.82) is 0 Å². The number of hydrogen-bond donors (Lipinski definition) is 0. The number of unbranched alkanes of at least 4 members (excludes halogenated alkanes) is 4. The van der Waals surface area contributed by atoms with E-state index in [1.165, 1.54) is 0 Å². The highest BCUT2D eigenvalue weighted by Crippen LogP contribution is 2.43. The molecule has 0 aromatic carbocycles. The third kappa shape index (κ3) is 9.96. The quantitative estimate of drug-likeness (QED) is 0.192. The Morgan fingerprint density at radius 2 is 1.23 bits per heavy atom. The first kappa shape index (κ1) is 22.1. The van der Waals surface area contributed by atoms with Crippen molar-refractivity contribution in [2.45, 2.75) is 79.1 Å². The number of phosphoric acid groups is 1. The van der Waals surface area contributed by atoms with E-state index < -0.39 is 7.82 Å². The summed E-state index contributed by atoms with van der Waals surface area (Å²) in [5, 5.41) is 0. The van der Waals surface area contributed by atoms with Crippen molar-refractivity contribution in [3.63, 3.8) is 0 Å². The molecule has 0 bridgehead atoms. The SMILES string of the molecule is CCCCOP(=O)([O-])O[N+](CCCC)(CCCC)CCCC. The normalized spacial score (nSPS) is 15.0. The van der Waals surface area contributed by atoms with Gasteiger partial charge in [0, 0.05) is 0 Å². The summed E-state index contributed by atoms with van der Waals surface area (Å²) in [6.45, 7) is 10.8. The van der Waals surface area contributed by atoms with E-state index in [1.807, 2.05) is 6.92 Å². The lowest BCUT2D eigenvalue weighted by molar-refractivity contribution is -1.08. The highest BCUT2D eigenvalue weighted by Gasteiger charge is 2.33. The molecule has 0 amide bonds. The zero-order valence-electron chi connectivity index (χ0n) is 15.0. The van der Waals surface area contributed by atoms with Gasteiger partial charge in [-0.1, -0.05) is 53.4 Å². The van der Waals surface area contributed by atoms with Crippen LogP contribution in [0.4, 0.5) is 0 Å². The van der Waals surface area contributed by atoms with Crippen molar-refractivity contribution in [3.8, 4) is 0 Å². The molecule has 0 saturated carbocycles. The Hall–Kier alpha value is 0.0700. The van der Waals surface area contributed by atoms with Crippen LogP contribution >= 0.6 is 7.82 Å². The lowest BCUT2D eigenvalue weighted by atomic mass is 10.2. The van der Waals surface area contributed by atoms with Crippen molar-refractivity contribution in [2.24, 2.45) is 0 Å². The molecule has 0 N–H and O–H groups in total. The van der Waals surface area contributed by atoms with E-state index in [0.717, 1.165) is 71.0 Å². The summed E-state index contributed by atoms with van der Waals surface area (Å²) in [6, 6.07) is 0. The second kappa shape index (κ2) is 12.5. The molecule has 0 spiro atoms. The van der Waals surface area contributed by atoms with Crippen LogP contribution in [0.2, 0.25) is 0 Å². The average molecular weight is 337 g/mol. The maximum absolute atomic E-state index is 12.2. The number of hydrogen-bond acceptors (Lipinski definition) is 4. The van der Waals surface area contributed by atoms with E-state index in [-0.39, 0.29) is 11.3 Å². The minimum Gasteiger partial charge on any atom is -0.752 e. The molecule has 0 aromatic heterocycles. The predicted molar refractivity (Wildman–Crippen MR) is 89.1 cm³/mol. The van der Waals surface area contributed by atoms with E-state index >= 15 is 0 Å². The summed E-state index contributed by atoms with van der Waals surface area (Å²) < 4.78 is 23.0. The molecule has 22 heavy (non-hydrogen) atoms. The van der Waals surface area contributed by atoms with E-state index in [4.69, 9.17) is 9.15 Å². The molecular weight excluding hydrogens is 301 g/mol. The van der Waals surface area contributed by atoms with Gasteiger partial charge in [-0.3, -0.25) is 4.57 Å². The van der Waals surface area contributed by atoms with Crippen molar-refractivity contribution in [1.82, 2.24) is 0 Å². The second-order valence-corrected chi connectivity index (χ2v) is 7.32. The first-order chi connectivity index (χ1) is 10.4. The largest absolute Gasteiger partial charge is 0.752 e. The van der Waals surface area contributed by atoms with Gasteiger partial charge in [0.05, 0.1) is 6.61 Å². The molecule has 1 unspecified atom stereocenters. The zero-order valence-corrected chi connectivity index (χ0v) is 15.9. The molecule has 0 aliphatic carbocycles. The predicted octanol–water partition coefficient (Wildman–Crippen LogP) is 4.42. The summed E-state index contributed by atoms with van der Waals surface area (Å²) in [6.07, 6.45) is 7.60. The van der Waals surface area contributed by atoms with E-state index in [9.17, 15) is 9.46 Å². The van der Waals surface area contributed by atoms with Crippen molar-refractivity contribution < 1.29 is 23.3 Å². The Morgan fingerprint density at radius 3 is 1.59 bits per heavy atom. The highest BCUT2D eigenvalue weighted by molar-refractivity contribution is 7.45.